The molecule has 8 heteroatoms. The van der Waals surface area contributed by atoms with Crippen molar-refractivity contribution in [1.82, 2.24) is 15.1 Å². The van der Waals surface area contributed by atoms with E-state index in [1.165, 1.54) is 29.1 Å². The summed E-state index contributed by atoms with van der Waals surface area (Å²) in [5.74, 6) is -2.13. The van der Waals surface area contributed by atoms with Crippen molar-refractivity contribution in [3.05, 3.63) is 35.4 Å². The Bertz CT molecular complexity index is 825. The van der Waals surface area contributed by atoms with Gasteiger partial charge >= 0.3 is 0 Å². The molecule has 29 heavy (non-hydrogen) atoms. The predicted molar refractivity (Wildman–Crippen MR) is 101 cm³/mol. The molecule has 3 fully saturated rings. The zero-order valence-electron chi connectivity index (χ0n) is 16.2. The minimum absolute atomic E-state index is 0.0253. The van der Waals surface area contributed by atoms with E-state index >= 15 is 0 Å². The molecule has 156 valence electrons. The minimum atomic E-state index is -0.810. The highest BCUT2D eigenvalue weighted by atomic mass is 19.1. The Hall–Kier alpha value is -2.51. The molecule has 0 aromatic heterocycles. The molecule has 3 amide bonds. The maximum atomic E-state index is 14.0. The molecule has 1 aliphatic carbocycles. The van der Waals surface area contributed by atoms with Gasteiger partial charge in [0.2, 0.25) is 11.8 Å². The number of hydrogen-bond acceptors (Lipinski definition) is 3. The summed E-state index contributed by atoms with van der Waals surface area (Å²) in [6.07, 6.45) is 6.39. The maximum Gasteiger partial charge on any atom is 0.257 e. The fourth-order valence-corrected chi connectivity index (χ4v) is 4.73. The number of rotatable bonds is 3. The molecule has 0 radical (unpaired) electrons. The number of nitrogens with one attached hydrogen (secondary N) is 1. The van der Waals surface area contributed by atoms with Gasteiger partial charge in [0, 0.05) is 13.1 Å². The van der Waals surface area contributed by atoms with Gasteiger partial charge in [-0.15, -0.1) is 0 Å². The number of piperazine rings is 2. The number of nitrogens with zero attached hydrogens (tertiary/aromatic N) is 2. The number of fused-ring (bicyclic) bond motifs is 1. The number of hydrogen-bond donors (Lipinski definition) is 1. The van der Waals surface area contributed by atoms with E-state index in [9.17, 15) is 23.2 Å². The van der Waals surface area contributed by atoms with Gasteiger partial charge in [-0.2, -0.15) is 0 Å². The van der Waals surface area contributed by atoms with Crippen LogP contribution < -0.4 is 5.32 Å². The first kappa shape index (κ1) is 19.8. The first-order valence-electron chi connectivity index (χ1n) is 10.3. The van der Waals surface area contributed by atoms with E-state index in [2.05, 4.69) is 5.32 Å². The highest BCUT2D eigenvalue weighted by molar-refractivity contribution is 5.99. The summed E-state index contributed by atoms with van der Waals surface area (Å²) in [5, 5.41) is 2.83. The van der Waals surface area contributed by atoms with E-state index in [1.807, 2.05) is 0 Å². The second kappa shape index (κ2) is 8.08. The zero-order chi connectivity index (χ0) is 20.5. The largest absolute Gasteiger partial charge is 0.342 e. The van der Waals surface area contributed by atoms with E-state index in [4.69, 9.17) is 0 Å². The molecular formula is C21H25F2N3O3. The highest BCUT2D eigenvalue weighted by Gasteiger charge is 2.45. The number of amides is 3. The summed E-state index contributed by atoms with van der Waals surface area (Å²) < 4.78 is 27.4. The van der Waals surface area contributed by atoms with Crippen LogP contribution in [0.4, 0.5) is 8.78 Å². The van der Waals surface area contributed by atoms with Crippen LogP contribution in [0.1, 0.15) is 48.9 Å². The van der Waals surface area contributed by atoms with Crippen molar-refractivity contribution in [3.63, 3.8) is 0 Å². The SMILES string of the molecule is O=C1N[C@@H](CC2CCCCC2)C(=O)N2CCN(C(=O)c3cc(F)ccc3F)C[C@H]12. The van der Waals surface area contributed by atoms with Gasteiger partial charge in [0.1, 0.15) is 23.7 Å². The van der Waals surface area contributed by atoms with Gasteiger partial charge in [0.05, 0.1) is 12.1 Å². The normalized spacial score (nSPS) is 25.6. The fourth-order valence-electron chi connectivity index (χ4n) is 4.73. The van der Waals surface area contributed by atoms with Crippen LogP contribution in [0.2, 0.25) is 0 Å². The molecule has 2 aliphatic heterocycles. The van der Waals surface area contributed by atoms with Gasteiger partial charge in [0.15, 0.2) is 0 Å². The Balaban J connectivity index is 1.44. The maximum absolute atomic E-state index is 14.0. The Kier molecular flexibility index (Phi) is 5.52. The third-order valence-electron chi connectivity index (χ3n) is 6.32. The number of carbonyl (C=O) groups is 3. The Morgan fingerprint density at radius 2 is 1.86 bits per heavy atom. The van der Waals surface area contributed by atoms with Crippen molar-refractivity contribution >= 4 is 17.7 Å². The van der Waals surface area contributed by atoms with Gasteiger partial charge in [-0.3, -0.25) is 14.4 Å². The van der Waals surface area contributed by atoms with Crippen LogP contribution in [0, 0.1) is 17.6 Å². The average molecular weight is 405 g/mol. The molecule has 1 aromatic rings. The van der Waals surface area contributed by atoms with Crippen molar-refractivity contribution in [2.24, 2.45) is 5.92 Å². The standard InChI is InChI=1S/C21H25F2N3O3/c22-14-6-7-16(23)15(11-14)20(28)25-8-9-26-18(12-25)19(27)24-17(21(26)29)10-13-4-2-1-3-5-13/h6-7,11,13,17-18H,1-5,8-10,12H2,(H,24,27)/t17-,18+/m0/s1. The summed E-state index contributed by atoms with van der Waals surface area (Å²) in [6, 6.07) is 1.41. The van der Waals surface area contributed by atoms with Crippen molar-refractivity contribution in [2.75, 3.05) is 19.6 Å². The van der Waals surface area contributed by atoms with E-state index < -0.39 is 29.6 Å². The lowest BCUT2D eigenvalue weighted by Crippen LogP contribution is -2.69. The van der Waals surface area contributed by atoms with Crippen molar-refractivity contribution in [1.29, 1.82) is 0 Å². The molecule has 6 nitrogen and oxygen atoms in total. The van der Waals surface area contributed by atoms with Crippen LogP contribution in [0.15, 0.2) is 18.2 Å². The fraction of sp³-hybridized carbons (Fsp3) is 0.571. The van der Waals surface area contributed by atoms with Gasteiger partial charge in [0.25, 0.3) is 5.91 Å². The summed E-state index contributed by atoms with van der Waals surface area (Å²) in [6.45, 7) is 0.365. The molecule has 2 saturated heterocycles. The molecule has 1 aromatic carbocycles. The van der Waals surface area contributed by atoms with Crippen LogP contribution in [-0.4, -0.2) is 59.2 Å². The molecular weight excluding hydrogens is 380 g/mol. The lowest BCUT2D eigenvalue weighted by atomic mass is 9.84. The third-order valence-corrected chi connectivity index (χ3v) is 6.32. The van der Waals surface area contributed by atoms with Gasteiger partial charge in [-0.1, -0.05) is 32.1 Å². The summed E-state index contributed by atoms with van der Waals surface area (Å²) >= 11 is 0. The van der Waals surface area contributed by atoms with Crippen molar-refractivity contribution in [2.45, 2.75) is 50.6 Å². The van der Waals surface area contributed by atoms with Gasteiger partial charge < -0.3 is 15.1 Å². The predicted octanol–water partition coefficient (Wildman–Crippen LogP) is 2.09. The summed E-state index contributed by atoms with van der Waals surface area (Å²) in [5.41, 5.74) is -0.365. The lowest BCUT2D eigenvalue weighted by Gasteiger charge is -2.45. The first-order chi connectivity index (χ1) is 13.9. The van der Waals surface area contributed by atoms with E-state index in [0.717, 1.165) is 31.0 Å². The van der Waals surface area contributed by atoms with Crippen LogP contribution in [-0.2, 0) is 9.59 Å². The molecule has 1 saturated carbocycles. The summed E-state index contributed by atoms with van der Waals surface area (Å²) in [4.78, 5) is 41.1. The molecule has 2 heterocycles. The van der Waals surface area contributed by atoms with Crippen LogP contribution in [0.5, 0.6) is 0 Å². The Morgan fingerprint density at radius 3 is 2.62 bits per heavy atom. The quantitative estimate of drug-likeness (QED) is 0.837. The summed E-state index contributed by atoms with van der Waals surface area (Å²) in [7, 11) is 0. The third kappa shape index (κ3) is 3.97. The molecule has 4 rings (SSSR count). The average Bonchev–Trinajstić information content (AvgIpc) is 2.73. The Labute approximate surface area is 168 Å². The van der Waals surface area contributed by atoms with E-state index in [0.29, 0.717) is 12.3 Å². The molecule has 0 bridgehead atoms. The second-order valence-corrected chi connectivity index (χ2v) is 8.22. The Morgan fingerprint density at radius 1 is 1.10 bits per heavy atom. The van der Waals surface area contributed by atoms with E-state index in [1.54, 1.807) is 0 Å². The minimum Gasteiger partial charge on any atom is -0.342 e. The van der Waals surface area contributed by atoms with Crippen LogP contribution in [0.3, 0.4) is 0 Å². The number of halogens is 2. The molecule has 2 atom stereocenters. The van der Waals surface area contributed by atoms with Gasteiger partial charge in [-0.25, -0.2) is 8.78 Å². The number of carbonyl (C=O) groups excluding carboxylic acids is 3. The first-order valence-corrected chi connectivity index (χ1v) is 10.3. The van der Waals surface area contributed by atoms with E-state index in [-0.39, 0.29) is 37.0 Å². The molecule has 0 unspecified atom stereocenters. The van der Waals surface area contributed by atoms with Crippen molar-refractivity contribution in [3.8, 4) is 0 Å². The molecule has 3 aliphatic rings. The zero-order valence-corrected chi connectivity index (χ0v) is 16.2. The van der Waals surface area contributed by atoms with Crippen molar-refractivity contribution < 1.29 is 23.2 Å². The number of benzene rings is 1. The monoisotopic (exact) mass is 405 g/mol. The second-order valence-electron chi connectivity index (χ2n) is 8.22. The molecule has 1 N–H and O–H groups in total. The smallest absolute Gasteiger partial charge is 0.257 e. The van der Waals surface area contributed by atoms with Gasteiger partial charge in [-0.05, 0) is 30.5 Å². The van der Waals surface area contributed by atoms with Crippen LogP contribution >= 0.6 is 0 Å². The topological polar surface area (TPSA) is 69.7 Å². The highest BCUT2D eigenvalue weighted by Crippen LogP contribution is 2.29. The lowest BCUT2D eigenvalue weighted by molar-refractivity contribution is -0.152. The van der Waals surface area contributed by atoms with Crippen LogP contribution in [0.25, 0.3) is 0 Å². The molecule has 0 spiro atoms.